The predicted molar refractivity (Wildman–Crippen MR) is 158 cm³/mol. The van der Waals surface area contributed by atoms with E-state index in [1.54, 1.807) is 18.2 Å². The van der Waals surface area contributed by atoms with Gasteiger partial charge in [0.25, 0.3) is 15.9 Å². The minimum Gasteiger partial charge on any atom is -0.494 e. The van der Waals surface area contributed by atoms with Gasteiger partial charge in [0.2, 0.25) is 0 Å². The van der Waals surface area contributed by atoms with Crippen LogP contribution in [0.1, 0.15) is 39.2 Å². The molecule has 0 fully saturated rings. The second-order valence-corrected chi connectivity index (χ2v) is 11.8. The van der Waals surface area contributed by atoms with Crippen LogP contribution < -0.4 is 14.9 Å². The molecule has 4 aromatic rings. The quantitative estimate of drug-likeness (QED) is 0.231. The van der Waals surface area contributed by atoms with Gasteiger partial charge < -0.3 is 14.7 Å². The molecule has 1 aromatic heterocycles. The van der Waals surface area contributed by atoms with E-state index in [0.29, 0.717) is 26.0 Å². The van der Waals surface area contributed by atoms with Gasteiger partial charge in [0, 0.05) is 29.6 Å². The largest absolute Gasteiger partial charge is 0.494 e. The second-order valence-electron chi connectivity index (χ2n) is 9.79. The van der Waals surface area contributed by atoms with Gasteiger partial charge in [-0.2, -0.15) is 0 Å². The lowest BCUT2D eigenvalue weighted by atomic mass is 10.0. The Morgan fingerprint density at radius 3 is 2.48 bits per heavy atom. The Labute approximate surface area is 239 Å². The number of nitrogens with one attached hydrogen (secondary N) is 3. The van der Waals surface area contributed by atoms with E-state index >= 15 is 0 Å². The van der Waals surface area contributed by atoms with E-state index in [4.69, 9.17) is 16.3 Å². The summed E-state index contributed by atoms with van der Waals surface area (Å²) >= 11 is 6.28. The number of fused-ring (bicyclic) bond motifs is 1. The summed E-state index contributed by atoms with van der Waals surface area (Å²) in [4.78, 5) is 16.8. The molecule has 0 bridgehead atoms. The Morgan fingerprint density at radius 2 is 1.80 bits per heavy atom. The molecule has 208 valence electrons. The summed E-state index contributed by atoms with van der Waals surface area (Å²) in [5.74, 6) is 0.0222. The summed E-state index contributed by atoms with van der Waals surface area (Å²) in [5.41, 5.74) is 8.74. The third-order valence-corrected chi connectivity index (χ3v) is 8.90. The first-order chi connectivity index (χ1) is 19.2. The van der Waals surface area contributed by atoms with Crippen molar-refractivity contribution in [2.75, 3.05) is 20.2 Å². The molecule has 1 aliphatic heterocycles. The summed E-state index contributed by atoms with van der Waals surface area (Å²) in [7, 11) is -2.12. The maximum atomic E-state index is 13.5. The maximum absolute atomic E-state index is 13.5. The van der Waals surface area contributed by atoms with Crippen LogP contribution in [0.5, 0.6) is 5.75 Å². The van der Waals surface area contributed by atoms with E-state index in [1.165, 1.54) is 12.1 Å². The number of ether oxygens (including phenoxy) is 1. The Hall–Kier alpha value is -3.79. The Bertz CT molecular complexity index is 1690. The number of aryl methyl sites for hydroxylation is 3. The van der Waals surface area contributed by atoms with Crippen molar-refractivity contribution < 1.29 is 17.9 Å². The zero-order valence-electron chi connectivity index (χ0n) is 22.5. The van der Waals surface area contributed by atoms with E-state index in [1.807, 2.05) is 56.2 Å². The third-order valence-electron chi connectivity index (χ3n) is 6.96. The standard InChI is InChI=1S/C30H31ClN4O4S/c1-19-17-21(18-20(2)27(19)31)39-16-8-13-24-23-11-7-12-25(26-14-15-32-35(26)3)28(23)33-29(24)30(36)34-40(37,38)22-9-5-4-6-10-22/h4-7,9-12,14,17-18,32-33H,8,13,15-16H2,1-3H3,(H,34,36). The summed E-state index contributed by atoms with van der Waals surface area (Å²) in [5, 5.41) is 3.51. The van der Waals surface area contributed by atoms with Crippen LogP contribution in [0.2, 0.25) is 5.02 Å². The Morgan fingerprint density at radius 1 is 1.07 bits per heavy atom. The van der Waals surface area contributed by atoms with Gasteiger partial charge in [0.15, 0.2) is 0 Å². The van der Waals surface area contributed by atoms with E-state index in [0.717, 1.165) is 49.6 Å². The number of para-hydroxylation sites is 1. The van der Waals surface area contributed by atoms with Gasteiger partial charge in [-0.25, -0.2) is 18.6 Å². The van der Waals surface area contributed by atoms with Gasteiger partial charge in [-0.15, -0.1) is 0 Å². The molecular weight excluding hydrogens is 548 g/mol. The summed E-state index contributed by atoms with van der Waals surface area (Å²) < 4.78 is 34.2. The fraction of sp³-hybridized carbons (Fsp3) is 0.233. The highest BCUT2D eigenvalue weighted by molar-refractivity contribution is 7.90. The van der Waals surface area contributed by atoms with Gasteiger partial charge in [-0.3, -0.25) is 4.79 Å². The van der Waals surface area contributed by atoms with Crippen molar-refractivity contribution >= 4 is 44.1 Å². The molecule has 0 spiro atoms. The molecule has 0 aliphatic carbocycles. The number of hydrogen-bond acceptors (Lipinski definition) is 6. The van der Waals surface area contributed by atoms with Crippen molar-refractivity contribution in [3.8, 4) is 5.75 Å². The Balaban J connectivity index is 1.45. The van der Waals surface area contributed by atoms with Crippen molar-refractivity contribution in [3.63, 3.8) is 0 Å². The molecule has 10 heteroatoms. The number of benzene rings is 3. The van der Waals surface area contributed by atoms with Crippen LogP contribution >= 0.6 is 11.6 Å². The monoisotopic (exact) mass is 578 g/mol. The zero-order chi connectivity index (χ0) is 28.4. The van der Waals surface area contributed by atoms with Crippen molar-refractivity contribution in [3.05, 3.63) is 99.7 Å². The molecule has 0 saturated heterocycles. The number of aromatic amines is 1. The van der Waals surface area contributed by atoms with Crippen molar-refractivity contribution in [1.29, 1.82) is 0 Å². The number of nitrogens with zero attached hydrogens (tertiary/aromatic N) is 1. The molecule has 0 saturated carbocycles. The first-order valence-electron chi connectivity index (χ1n) is 13.0. The Kier molecular flexibility index (Phi) is 7.89. The highest BCUT2D eigenvalue weighted by Crippen LogP contribution is 2.32. The number of sulfonamides is 1. The molecule has 0 atom stereocenters. The number of aromatic nitrogens is 1. The topological polar surface area (TPSA) is 104 Å². The maximum Gasteiger partial charge on any atom is 0.281 e. The number of carbonyl (C=O) groups is 1. The van der Waals surface area contributed by atoms with Crippen LogP contribution in [0.3, 0.4) is 0 Å². The van der Waals surface area contributed by atoms with E-state index in [2.05, 4.69) is 21.2 Å². The number of amides is 1. The van der Waals surface area contributed by atoms with Crippen molar-refractivity contribution in [2.24, 2.45) is 0 Å². The average Bonchev–Trinajstić information content (AvgIpc) is 3.53. The summed E-state index contributed by atoms with van der Waals surface area (Å²) in [6.07, 6.45) is 3.17. The van der Waals surface area contributed by atoms with Crippen LogP contribution in [0.4, 0.5) is 0 Å². The van der Waals surface area contributed by atoms with Crippen molar-refractivity contribution in [2.45, 2.75) is 31.6 Å². The third kappa shape index (κ3) is 5.58. The van der Waals surface area contributed by atoms with Gasteiger partial charge >= 0.3 is 0 Å². The number of carbonyl (C=O) groups excluding carboxylic acids is 1. The lowest BCUT2D eigenvalue weighted by molar-refractivity contribution is 0.0976. The molecule has 3 N–H and O–H groups in total. The van der Waals surface area contributed by atoms with Crippen LogP contribution in [0.25, 0.3) is 16.6 Å². The van der Waals surface area contributed by atoms with E-state index in [-0.39, 0.29) is 10.6 Å². The minimum atomic E-state index is -4.05. The van der Waals surface area contributed by atoms with Crippen LogP contribution in [-0.4, -0.2) is 44.5 Å². The molecule has 0 unspecified atom stereocenters. The van der Waals surface area contributed by atoms with Gasteiger partial charge in [-0.1, -0.05) is 48.0 Å². The van der Waals surface area contributed by atoms with Crippen LogP contribution in [0, 0.1) is 13.8 Å². The highest BCUT2D eigenvalue weighted by atomic mass is 35.5. The van der Waals surface area contributed by atoms with Gasteiger partial charge in [0.1, 0.15) is 11.4 Å². The molecular formula is C30H31ClN4O4S. The van der Waals surface area contributed by atoms with Crippen LogP contribution in [0.15, 0.2) is 71.6 Å². The summed E-state index contributed by atoms with van der Waals surface area (Å²) in [6.45, 7) is 4.98. The first-order valence-corrected chi connectivity index (χ1v) is 14.8. The van der Waals surface area contributed by atoms with E-state index < -0.39 is 15.9 Å². The number of rotatable bonds is 9. The van der Waals surface area contributed by atoms with Crippen molar-refractivity contribution in [1.82, 2.24) is 20.1 Å². The highest BCUT2D eigenvalue weighted by Gasteiger charge is 2.25. The van der Waals surface area contributed by atoms with Gasteiger partial charge in [0.05, 0.1) is 22.7 Å². The van der Waals surface area contributed by atoms with E-state index in [9.17, 15) is 13.2 Å². The second kappa shape index (κ2) is 11.4. The van der Waals surface area contributed by atoms with Crippen LogP contribution in [-0.2, 0) is 16.4 Å². The normalized spacial score (nSPS) is 13.5. The molecule has 5 rings (SSSR count). The molecule has 1 aliphatic rings. The number of hydrazine groups is 1. The van der Waals surface area contributed by atoms with Gasteiger partial charge in [-0.05, 0) is 73.7 Å². The molecule has 40 heavy (non-hydrogen) atoms. The molecule has 2 heterocycles. The number of H-pyrrole nitrogens is 1. The fourth-order valence-corrected chi connectivity index (χ4v) is 6.08. The predicted octanol–water partition coefficient (Wildman–Crippen LogP) is 5.36. The molecule has 1 amide bonds. The molecule has 0 radical (unpaired) electrons. The average molecular weight is 579 g/mol. The molecule has 8 nitrogen and oxygen atoms in total. The minimum absolute atomic E-state index is 0.0208. The smallest absolute Gasteiger partial charge is 0.281 e. The lowest BCUT2D eigenvalue weighted by Crippen LogP contribution is -2.31. The molecule has 3 aromatic carbocycles. The first kappa shape index (κ1) is 27.8. The number of hydrogen-bond donors (Lipinski definition) is 3. The summed E-state index contributed by atoms with van der Waals surface area (Å²) in [6, 6.07) is 17.5. The lowest BCUT2D eigenvalue weighted by Gasteiger charge is -2.17. The SMILES string of the molecule is Cc1cc(OCCCc2c(C(=O)NS(=O)(=O)c3ccccc3)[nH]c3c(C4=CCNN4C)cccc23)cc(C)c1Cl. The number of halogens is 1. The fourth-order valence-electron chi connectivity index (χ4n) is 4.99. The zero-order valence-corrected chi connectivity index (χ0v) is 24.1.